The van der Waals surface area contributed by atoms with E-state index < -0.39 is 5.97 Å². The van der Waals surface area contributed by atoms with Crippen molar-refractivity contribution in [2.24, 2.45) is 0 Å². The molecule has 2 fully saturated rings. The zero-order chi connectivity index (χ0) is 12.6. The highest BCUT2D eigenvalue weighted by Crippen LogP contribution is 2.51. The van der Waals surface area contributed by atoms with Crippen molar-refractivity contribution in [1.82, 2.24) is 0 Å². The molecule has 0 aromatic heterocycles. The molecule has 2 saturated carbocycles. The number of carboxylic acids is 1. The van der Waals surface area contributed by atoms with Crippen LogP contribution in [0.5, 0.6) is 0 Å². The van der Waals surface area contributed by atoms with Crippen molar-refractivity contribution in [3.05, 3.63) is 35.4 Å². The van der Waals surface area contributed by atoms with Crippen LogP contribution in [0.3, 0.4) is 0 Å². The summed E-state index contributed by atoms with van der Waals surface area (Å²) in [4.78, 5) is 10.9. The Labute approximate surface area is 108 Å². The first-order valence-corrected chi connectivity index (χ1v) is 7.02. The van der Waals surface area contributed by atoms with Gasteiger partial charge in [-0.1, -0.05) is 37.1 Å². The van der Waals surface area contributed by atoms with Crippen LogP contribution in [0, 0.1) is 0 Å². The molecule has 0 aliphatic heterocycles. The maximum absolute atomic E-state index is 10.9. The number of rotatable bonds is 4. The molecule has 1 N–H and O–H groups in total. The summed E-state index contributed by atoms with van der Waals surface area (Å²) >= 11 is 0. The molecule has 2 aliphatic carbocycles. The Bertz CT molecular complexity index is 437. The smallest absolute Gasteiger partial charge is 0.304 e. The Morgan fingerprint density at radius 1 is 1.17 bits per heavy atom. The highest BCUT2D eigenvalue weighted by atomic mass is 16.4. The van der Waals surface area contributed by atoms with Crippen molar-refractivity contribution < 1.29 is 9.90 Å². The second-order valence-electron chi connectivity index (χ2n) is 5.95. The first-order chi connectivity index (χ1) is 8.70. The summed E-state index contributed by atoms with van der Waals surface area (Å²) < 4.78 is 0. The number of benzene rings is 1. The van der Waals surface area contributed by atoms with Gasteiger partial charge < -0.3 is 5.11 Å². The minimum atomic E-state index is -0.674. The van der Waals surface area contributed by atoms with Crippen LogP contribution in [0.1, 0.15) is 62.0 Å². The zero-order valence-corrected chi connectivity index (χ0v) is 10.7. The van der Waals surface area contributed by atoms with Crippen LogP contribution in [0.15, 0.2) is 24.3 Å². The summed E-state index contributed by atoms with van der Waals surface area (Å²) in [6.45, 7) is 0. The fourth-order valence-electron chi connectivity index (χ4n) is 3.38. The lowest BCUT2D eigenvalue weighted by Gasteiger charge is -2.15. The van der Waals surface area contributed by atoms with Gasteiger partial charge in [0.2, 0.25) is 0 Å². The minimum absolute atomic E-state index is 0.0416. The molecule has 0 heterocycles. The quantitative estimate of drug-likeness (QED) is 0.873. The van der Waals surface area contributed by atoms with Crippen molar-refractivity contribution in [2.75, 3.05) is 0 Å². The number of aliphatic carboxylic acids is 1. The van der Waals surface area contributed by atoms with Crippen LogP contribution >= 0.6 is 0 Å². The first kappa shape index (κ1) is 11.8. The molecule has 0 unspecified atom stereocenters. The van der Waals surface area contributed by atoms with E-state index in [4.69, 9.17) is 5.11 Å². The summed E-state index contributed by atoms with van der Waals surface area (Å²) in [6, 6.07) is 8.80. The second-order valence-corrected chi connectivity index (χ2v) is 5.95. The molecule has 0 amide bonds. The van der Waals surface area contributed by atoms with Gasteiger partial charge in [-0.3, -0.25) is 4.79 Å². The molecule has 0 bridgehead atoms. The van der Waals surface area contributed by atoms with Crippen molar-refractivity contribution in [2.45, 2.75) is 56.3 Å². The van der Waals surface area contributed by atoms with Crippen LogP contribution in [-0.4, -0.2) is 11.1 Å². The molecule has 0 saturated heterocycles. The maximum Gasteiger partial charge on any atom is 0.304 e. The molecule has 18 heavy (non-hydrogen) atoms. The third kappa shape index (κ3) is 2.16. The Kier molecular flexibility index (Phi) is 2.89. The Hall–Kier alpha value is -1.31. The van der Waals surface area contributed by atoms with E-state index in [1.54, 1.807) is 0 Å². The predicted octanol–water partition coefficient (Wildman–Crippen LogP) is 3.85. The molecule has 0 atom stereocenters. The summed E-state index contributed by atoms with van der Waals surface area (Å²) in [5.74, 6) is 0.0704. The molecular weight excluding hydrogens is 224 g/mol. The highest BCUT2D eigenvalue weighted by Gasteiger charge is 2.45. The van der Waals surface area contributed by atoms with Crippen LogP contribution < -0.4 is 0 Å². The van der Waals surface area contributed by atoms with Gasteiger partial charge in [-0.2, -0.15) is 0 Å². The van der Waals surface area contributed by atoms with Crippen LogP contribution in [0.4, 0.5) is 0 Å². The fraction of sp³-hybridized carbons (Fsp3) is 0.562. The van der Waals surface area contributed by atoms with E-state index in [-0.39, 0.29) is 11.8 Å². The molecule has 3 rings (SSSR count). The van der Waals surface area contributed by atoms with E-state index in [1.807, 2.05) is 0 Å². The Morgan fingerprint density at radius 3 is 2.28 bits per heavy atom. The topological polar surface area (TPSA) is 37.3 Å². The van der Waals surface area contributed by atoms with Gasteiger partial charge in [0.05, 0.1) is 6.42 Å². The molecule has 1 aromatic carbocycles. The Balaban J connectivity index is 1.76. The van der Waals surface area contributed by atoms with Crippen LogP contribution in [-0.2, 0) is 10.2 Å². The standard InChI is InChI=1S/C16H20O2/c17-15(18)11-16(9-10-16)14-7-5-13(6-8-14)12-3-1-2-4-12/h5-8,12H,1-4,9-11H2,(H,17,18). The molecule has 2 aliphatic rings. The molecule has 1 aromatic rings. The van der Waals surface area contributed by atoms with Gasteiger partial charge >= 0.3 is 5.97 Å². The van der Waals surface area contributed by atoms with E-state index >= 15 is 0 Å². The summed E-state index contributed by atoms with van der Waals surface area (Å²) in [7, 11) is 0. The average molecular weight is 244 g/mol. The monoisotopic (exact) mass is 244 g/mol. The second kappa shape index (κ2) is 4.42. The van der Waals surface area contributed by atoms with Crippen LogP contribution in [0.2, 0.25) is 0 Å². The fourth-order valence-corrected chi connectivity index (χ4v) is 3.38. The van der Waals surface area contributed by atoms with Crippen molar-refractivity contribution in [1.29, 1.82) is 0 Å². The minimum Gasteiger partial charge on any atom is -0.481 e. The van der Waals surface area contributed by atoms with Gasteiger partial charge in [0, 0.05) is 5.41 Å². The largest absolute Gasteiger partial charge is 0.481 e. The summed E-state index contributed by atoms with van der Waals surface area (Å²) in [6.07, 6.45) is 7.70. The molecule has 96 valence electrons. The molecule has 2 nitrogen and oxygen atoms in total. The molecule has 0 radical (unpaired) electrons. The predicted molar refractivity (Wildman–Crippen MR) is 70.8 cm³/mol. The zero-order valence-electron chi connectivity index (χ0n) is 10.7. The van der Waals surface area contributed by atoms with Crippen molar-refractivity contribution >= 4 is 5.97 Å². The normalized spacial score (nSPS) is 22.0. The van der Waals surface area contributed by atoms with Crippen LogP contribution in [0.25, 0.3) is 0 Å². The number of hydrogen-bond donors (Lipinski definition) is 1. The van der Waals surface area contributed by atoms with Gasteiger partial charge in [0.1, 0.15) is 0 Å². The van der Waals surface area contributed by atoms with Gasteiger partial charge in [-0.05, 0) is 42.7 Å². The van der Waals surface area contributed by atoms with E-state index in [0.29, 0.717) is 0 Å². The van der Waals surface area contributed by atoms with E-state index in [2.05, 4.69) is 24.3 Å². The summed E-state index contributed by atoms with van der Waals surface area (Å²) in [5, 5.41) is 8.98. The molecule has 2 heteroatoms. The Morgan fingerprint density at radius 2 is 1.78 bits per heavy atom. The van der Waals surface area contributed by atoms with E-state index in [0.717, 1.165) is 18.8 Å². The third-order valence-electron chi connectivity index (χ3n) is 4.69. The lowest BCUT2D eigenvalue weighted by molar-refractivity contribution is -0.137. The lowest BCUT2D eigenvalue weighted by Crippen LogP contribution is -2.12. The van der Waals surface area contributed by atoms with E-state index in [9.17, 15) is 4.79 Å². The average Bonchev–Trinajstić information content (AvgIpc) is 2.93. The first-order valence-electron chi connectivity index (χ1n) is 7.02. The summed E-state index contributed by atoms with van der Waals surface area (Å²) in [5.41, 5.74) is 2.63. The number of carboxylic acid groups (broad SMARTS) is 1. The van der Waals surface area contributed by atoms with Gasteiger partial charge in [-0.25, -0.2) is 0 Å². The number of carbonyl (C=O) groups is 1. The van der Waals surface area contributed by atoms with Crippen molar-refractivity contribution in [3.8, 4) is 0 Å². The number of hydrogen-bond acceptors (Lipinski definition) is 1. The highest BCUT2D eigenvalue weighted by molar-refractivity contribution is 5.70. The lowest BCUT2D eigenvalue weighted by atomic mass is 9.89. The van der Waals surface area contributed by atoms with E-state index in [1.165, 1.54) is 36.8 Å². The SMILES string of the molecule is O=C(O)CC1(c2ccc(C3CCCC3)cc2)CC1. The third-order valence-corrected chi connectivity index (χ3v) is 4.69. The maximum atomic E-state index is 10.9. The van der Waals surface area contributed by atoms with Crippen molar-refractivity contribution in [3.63, 3.8) is 0 Å². The van der Waals surface area contributed by atoms with Gasteiger partial charge in [0.15, 0.2) is 0 Å². The van der Waals surface area contributed by atoms with Gasteiger partial charge in [-0.15, -0.1) is 0 Å². The van der Waals surface area contributed by atoms with Gasteiger partial charge in [0.25, 0.3) is 0 Å². The molecular formula is C16H20O2. The molecule has 0 spiro atoms.